The molecule has 142 valence electrons. The summed E-state index contributed by atoms with van der Waals surface area (Å²) in [4.78, 5) is 35.7. The van der Waals surface area contributed by atoms with Crippen LogP contribution in [0.1, 0.15) is 42.5 Å². The minimum absolute atomic E-state index is 0.0858. The third kappa shape index (κ3) is 5.65. The van der Waals surface area contributed by atoms with Crippen molar-refractivity contribution in [3.8, 4) is 11.5 Å². The highest BCUT2D eigenvalue weighted by Crippen LogP contribution is 2.25. The first-order valence-electron chi connectivity index (χ1n) is 8.53. The van der Waals surface area contributed by atoms with E-state index in [9.17, 15) is 14.4 Å². The molecule has 1 aliphatic rings. The number of carbonyl (C=O) groups is 3. The Labute approximate surface area is 152 Å². The van der Waals surface area contributed by atoms with Gasteiger partial charge < -0.3 is 19.5 Å². The number of benzene rings is 1. The molecular formula is C18H24N2O6. The monoisotopic (exact) mass is 364 g/mol. The molecule has 3 amide bonds. The van der Waals surface area contributed by atoms with Crippen molar-refractivity contribution in [2.24, 2.45) is 0 Å². The minimum atomic E-state index is -0.729. The molecule has 8 heteroatoms. The Kier molecular flexibility index (Phi) is 7.25. The standard InChI is InChI=1S/C18H24N2O6/c1-24-13-8-9-14(15(10-13)25-2)17(22)26-11-16(21)20-18(23)19-12-6-4-3-5-7-12/h8-10,12H,3-7,11H2,1-2H3,(H2,19,20,21,23). The Bertz CT molecular complexity index is 655. The average molecular weight is 364 g/mol. The van der Waals surface area contributed by atoms with E-state index < -0.39 is 24.5 Å². The normalized spacial score (nSPS) is 14.2. The number of ether oxygens (including phenoxy) is 3. The average Bonchev–Trinajstić information content (AvgIpc) is 2.66. The zero-order chi connectivity index (χ0) is 18.9. The Hall–Kier alpha value is -2.77. The van der Waals surface area contributed by atoms with Crippen molar-refractivity contribution in [3.05, 3.63) is 23.8 Å². The fourth-order valence-electron chi connectivity index (χ4n) is 2.81. The summed E-state index contributed by atoms with van der Waals surface area (Å²) in [5, 5.41) is 4.92. The van der Waals surface area contributed by atoms with Gasteiger partial charge in [0.15, 0.2) is 6.61 Å². The van der Waals surface area contributed by atoms with Gasteiger partial charge in [-0.05, 0) is 25.0 Å². The maximum Gasteiger partial charge on any atom is 0.342 e. The molecule has 2 rings (SSSR count). The largest absolute Gasteiger partial charge is 0.497 e. The molecule has 1 aromatic rings. The van der Waals surface area contributed by atoms with E-state index in [2.05, 4.69) is 10.6 Å². The summed E-state index contributed by atoms with van der Waals surface area (Å²) in [6.45, 7) is -0.563. The zero-order valence-electron chi connectivity index (χ0n) is 15.0. The fourth-order valence-corrected chi connectivity index (χ4v) is 2.81. The Morgan fingerprint density at radius 1 is 1.08 bits per heavy atom. The Balaban J connectivity index is 1.81. The van der Waals surface area contributed by atoms with Gasteiger partial charge in [-0.25, -0.2) is 9.59 Å². The molecule has 1 aromatic carbocycles. The molecule has 8 nitrogen and oxygen atoms in total. The third-order valence-corrected chi connectivity index (χ3v) is 4.16. The maximum absolute atomic E-state index is 12.1. The van der Waals surface area contributed by atoms with Crippen LogP contribution in [0, 0.1) is 0 Å². The number of urea groups is 1. The second kappa shape index (κ2) is 9.65. The summed E-state index contributed by atoms with van der Waals surface area (Å²) in [6.07, 6.45) is 5.13. The zero-order valence-corrected chi connectivity index (χ0v) is 15.0. The second-order valence-corrected chi connectivity index (χ2v) is 6.00. The minimum Gasteiger partial charge on any atom is -0.497 e. The third-order valence-electron chi connectivity index (χ3n) is 4.16. The van der Waals surface area contributed by atoms with Crippen molar-refractivity contribution < 1.29 is 28.6 Å². The van der Waals surface area contributed by atoms with E-state index in [1.807, 2.05) is 0 Å². The lowest BCUT2D eigenvalue weighted by Crippen LogP contribution is -2.46. The van der Waals surface area contributed by atoms with Crippen molar-refractivity contribution in [3.63, 3.8) is 0 Å². The topological polar surface area (TPSA) is 103 Å². The summed E-state index contributed by atoms with van der Waals surface area (Å²) in [5.74, 6) is -0.633. The SMILES string of the molecule is COc1ccc(C(=O)OCC(=O)NC(=O)NC2CCCCC2)c(OC)c1. The van der Waals surface area contributed by atoms with Crippen LogP contribution in [0.15, 0.2) is 18.2 Å². The lowest BCUT2D eigenvalue weighted by atomic mass is 9.96. The first kappa shape index (κ1) is 19.6. The number of rotatable bonds is 6. The van der Waals surface area contributed by atoms with Crippen LogP contribution in [0.5, 0.6) is 11.5 Å². The van der Waals surface area contributed by atoms with Crippen LogP contribution in [0.3, 0.4) is 0 Å². The van der Waals surface area contributed by atoms with E-state index in [0.29, 0.717) is 5.75 Å². The van der Waals surface area contributed by atoms with E-state index in [4.69, 9.17) is 14.2 Å². The summed E-state index contributed by atoms with van der Waals surface area (Å²) in [7, 11) is 2.91. The van der Waals surface area contributed by atoms with Crippen LogP contribution in [0.4, 0.5) is 4.79 Å². The molecule has 0 atom stereocenters. The predicted molar refractivity (Wildman–Crippen MR) is 93.4 cm³/mol. The van der Waals surface area contributed by atoms with Crippen LogP contribution >= 0.6 is 0 Å². The molecule has 0 aromatic heterocycles. The van der Waals surface area contributed by atoms with Gasteiger partial charge >= 0.3 is 12.0 Å². The smallest absolute Gasteiger partial charge is 0.342 e. The first-order valence-corrected chi connectivity index (χ1v) is 8.53. The molecule has 0 heterocycles. The molecule has 0 bridgehead atoms. The second-order valence-electron chi connectivity index (χ2n) is 6.00. The molecule has 0 spiro atoms. The number of esters is 1. The fraction of sp³-hybridized carbons (Fsp3) is 0.500. The molecule has 1 fully saturated rings. The number of amides is 3. The van der Waals surface area contributed by atoms with Crippen LogP contribution in [0.25, 0.3) is 0 Å². The molecule has 1 aliphatic carbocycles. The lowest BCUT2D eigenvalue weighted by Gasteiger charge is -2.22. The molecule has 0 radical (unpaired) electrons. The summed E-state index contributed by atoms with van der Waals surface area (Å²) >= 11 is 0. The lowest BCUT2D eigenvalue weighted by molar-refractivity contribution is -0.123. The van der Waals surface area contributed by atoms with Crippen molar-refractivity contribution in [1.29, 1.82) is 0 Å². The van der Waals surface area contributed by atoms with E-state index >= 15 is 0 Å². The highest BCUT2D eigenvalue weighted by atomic mass is 16.5. The van der Waals surface area contributed by atoms with Crippen molar-refractivity contribution >= 4 is 17.9 Å². The van der Waals surface area contributed by atoms with Crippen LogP contribution < -0.4 is 20.1 Å². The van der Waals surface area contributed by atoms with E-state index in [1.54, 1.807) is 6.07 Å². The number of nitrogens with one attached hydrogen (secondary N) is 2. The van der Waals surface area contributed by atoms with E-state index in [0.717, 1.165) is 25.7 Å². The van der Waals surface area contributed by atoms with Gasteiger partial charge in [0.25, 0.3) is 5.91 Å². The van der Waals surface area contributed by atoms with Gasteiger partial charge in [-0.2, -0.15) is 0 Å². The number of methoxy groups -OCH3 is 2. The predicted octanol–water partition coefficient (Wildman–Crippen LogP) is 2.02. The maximum atomic E-state index is 12.1. The number of carbonyl (C=O) groups excluding carboxylic acids is 3. The van der Waals surface area contributed by atoms with Gasteiger partial charge in [-0.15, -0.1) is 0 Å². The molecule has 26 heavy (non-hydrogen) atoms. The van der Waals surface area contributed by atoms with Crippen molar-refractivity contribution in [2.45, 2.75) is 38.1 Å². The van der Waals surface area contributed by atoms with Crippen LogP contribution in [-0.2, 0) is 9.53 Å². The highest BCUT2D eigenvalue weighted by Gasteiger charge is 2.19. The number of imide groups is 1. The molecule has 1 saturated carbocycles. The molecule has 0 saturated heterocycles. The molecular weight excluding hydrogens is 340 g/mol. The summed E-state index contributed by atoms with van der Waals surface area (Å²) < 4.78 is 15.1. The van der Waals surface area contributed by atoms with Crippen molar-refractivity contribution in [1.82, 2.24) is 10.6 Å². The number of hydrogen-bond donors (Lipinski definition) is 2. The summed E-state index contributed by atoms with van der Waals surface area (Å²) in [5.41, 5.74) is 0.160. The van der Waals surface area contributed by atoms with Gasteiger partial charge in [-0.1, -0.05) is 19.3 Å². The van der Waals surface area contributed by atoms with Gasteiger partial charge in [0.05, 0.1) is 14.2 Å². The Morgan fingerprint density at radius 2 is 1.81 bits per heavy atom. The van der Waals surface area contributed by atoms with Crippen LogP contribution in [0.2, 0.25) is 0 Å². The van der Waals surface area contributed by atoms with E-state index in [-0.39, 0.29) is 17.4 Å². The van der Waals surface area contributed by atoms with Gasteiger partial charge in [0.1, 0.15) is 17.1 Å². The van der Waals surface area contributed by atoms with E-state index in [1.165, 1.54) is 32.8 Å². The molecule has 2 N–H and O–H groups in total. The number of hydrogen-bond acceptors (Lipinski definition) is 6. The van der Waals surface area contributed by atoms with Crippen molar-refractivity contribution in [2.75, 3.05) is 20.8 Å². The Morgan fingerprint density at radius 3 is 2.46 bits per heavy atom. The molecule has 0 aliphatic heterocycles. The van der Waals surface area contributed by atoms with Gasteiger partial charge in [0.2, 0.25) is 0 Å². The molecule has 0 unspecified atom stereocenters. The highest BCUT2D eigenvalue weighted by molar-refractivity contribution is 5.98. The summed E-state index contributed by atoms with van der Waals surface area (Å²) in [6, 6.07) is 4.11. The van der Waals surface area contributed by atoms with Gasteiger partial charge in [0, 0.05) is 12.1 Å². The van der Waals surface area contributed by atoms with Crippen LogP contribution in [-0.4, -0.2) is 44.8 Å². The van der Waals surface area contributed by atoms with Gasteiger partial charge in [-0.3, -0.25) is 10.1 Å². The quantitative estimate of drug-likeness (QED) is 0.749. The first-order chi connectivity index (χ1) is 12.5.